The summed E-state index contributed by atoms with van der Waals surface area (Å²) in [6, 6.07) is 3.55. The van der Waals surface area contributed by atoms with E-state index in [1.54, 1.807) is 32.9 Å². The summed E-state index contributed by atoms with van der Waals surface area (Å²) in [6.07, 6.45) is 0. The fraction of sp³-hybridized carbons (Fsp3) is 0.381. The van der Waals surface area contributed by atoms with Crippen molar-refractivity contribution in [3.05, 3.63) is 12.1 Å². The second-order valence-electron chi connectivity index (χ2n) is 4.97. The molecule has 0 saturated heterocycles. The molecule has 1 aromatic carbocycles. The van der Waals surface area contributed by atoms with E-state index in [1.807, 2.05) is 13.8 Å². The molecule has 0 saturated carbocycles. The van der Waals surface area contributed by atoms with Crippen molar-refractivity contribution < 1.29 is 14.2 Å². The van der Waals surface area contributed by atoms with Crippen LogP contribution in [0.1, 0.15) is 34.6 Å². The van der Waals surface area contributed by atoms with E-state index in [4.69, 9.17) is 14.2 Å². The van der Waals surface area contributed by atoms with Crippen molar-refractivity contribution in [3.63, 3.8) is 0 Å². The van der Waals surface area contributed by atoms with Gasteiger partial charge in [0.1, 0.15) is 31.3 Å². The van der Waals surface area contributed by atoms with Crippen LogP contribution in [0.2, 0.25) is 0 Å². The predicted molar refractivity (Wildman–Crippen MR) is 102 cm³/mol. The standard InChI is InChI=1S/C21H23NO3/c1-6-9-12-23-18-15-19(24-13-10-7-2)21(22-17(4)5)20(16-18)25-14-11-8-3/h15-16H,12-14H2,1-5H3. The Hall–Kier alpha value is -3.03. The Morgan fingerprint density at radius 2 is 1.24 bits per heavy atom. The Balaban J connectivity index is 3.30. The van der Waals surface area contributed by atoms with Crippen LogP contribution in [0.4, 0.5) is 5.69 Å². The van der Waals surface area contributed by atoms with Crippen LogP contribution >= 0.6 is 0 Å². The molecule has 0 heterocycles. The monoisotopic (exact) mass is 337 g/mol. The Morgan fingerprint density at radius 1 is 0.800 bits per heavy atom. The van der Waals surface area contributed by atoms with Crippen molar-refractivity contribution in [1.82, 2.24) is 0 Å². The van der Waals surface area contributed by atoms with Crippen LogP contribution < -0.4 is 14.2 Å². The molecule has 0 radical (unpaired) electrons. The maximum absolute atomic E-state index is 5.76. The molecule has 130 valence electrons. The second-order valence-corrected chi connectivity index (χ2v) is 4.97. The quantitative estimate of drug-likeness (QED) is 0.558. The van der Waals surface area contributed by atoms with Gasteiger partial charge in [-0.05, 0) is 34.6 Å². The summed E-state index contributed by atoms with van der Waals surface area (Å²) >= 11 is 0. The number of aliphatic imine (C=N–C) groups is 1. The third-order valence-corrected chi connectivity index (χ3v) is 2.79. The molecule has 1 rings (SSSR count). The molecule has 0 atom stereocenters. The zero-order valence-electron chi connectivity index (χ0n) is 15.4. The van der Waals surface area contributed by atoms with E-state index in [9.17, 15) is 0 Å². The molecule has 4 nitrogen and oxygen atoms in total. The van der Waals surface area contributed by atoms with E-state index in [-0.39, 0.29) is 19.8 Å². The van der Waals surface area contributed by atoms with Gasteiger partial charge in [0.15, 0.2) is 11.5 Å². The Kier molecular flexibility index (Phi) is 9.20. The predicted octanol–water partition coefficient (Wildman–Crippen LogP) is 4.01. The molecule has 0 aliphatic rings. The van der Waals surface area contributed by atoms with Gasteiger partial charge in [-0.15, -0.1) is 17.8 Å². The minimum absolute atomic E-state index is 0.258. The number of hydrogen-bond acceptors (Lipinski definition) is 4. The molecule has 1 aromatic rings. The van der Waals surface area contributed by atoms with Crippen molar-refractivity contribution in [3.8, 4) is 52.8 Å². The lowest BCUT2D eigenvalue weighted by Gasteiger charge is -2.14. The highest BCUT2D eigenvalue weighted by Gasteiger charge is 2.14. The highest BCUT2D eigenvalue weighted by atomic mass is 16.5. The Bertz CT molecular complexity index is 741. The fourth-order valence-corrected chi connectivity index (χ4v) is 1.76. The number of rotatable bonds is 7. The van der Waals surface area contributed by atoms with Gasteiger partial charge in [0, 0.05) is 17.8 Å². The third kappa shape index (κ3) is 7.38. The van der Waals surface area contributed by atoms with E-state index in [1.165, 1.54) is 0 Å². The van der Waals surface area contributed by atoms with Crippen LogP contribution in [0.3, 0.4) is 0 Å². The molecule has 25 heavy (non-hydrogen) atoms. The van der Waals surface area contributed by atoms with Crippen molar-refractivity contribution in [2.24, 2.45) is 4.99 Å². The Labute approximate surface area is 150 Å². The van der Waals surface area contributed by atoms with Crippen LogP contribution in [-0.4, -0.2) is 25.5 Å². The van der Waals surface area contributed by atoms with E-state index in [2.05, 4.69) is 40.5 Å². The van der Waals surface area contributed by atoms with E-state index in [0.717, 1.165) is 5.71 Å². The molecule has 0 aliphatic heterocycles. The SMILES string of the molecule is CC#CCOc1cc(OCC#CC)c(N=C(C)C)c(OCC#CC)c1. The molecule has 0 fully saturated rings. The molecule has 0 spiro atoms. The maximum atomic E-state index is 5.76. The van der Waals surface area contributed by atoms with Crippen molar-refractivity contribution >= 4 is 11.4 Å². The maximum Gasteiger partial charge on any atom is 0.153 e. The van der Waals surface area contributed by atoms with Gasteiger partial charge in [-0.3, -0.25) is 4.99 Å². The third-order valence-electron chi connectivity index (χ3n) is 2.79. The van der Waals surface area contributed by atoms with Crippen molar-refractivity contribution in [2.75, 3.05) is 19.8 Å². The van der Waals surface area contributed by atoms with Gasteiger partial charge in [-0.1, -0.05) is 17.8 Å². The average molecular weight is 337 g/mol. The summed E-state index contributed by atoms with van der Waals surface area (Å²) in [5.74, 6) is 18.7. The first-order valence-electron chi connectivity index (χ1n) is 7.89. The van der Waals surface area contributed by atoms with Crippen LogP contribution in [0.25, 0.3) is 0 Å². The van der Waals surface area contributed by atoms with Crippen LogP contribution in [0, 0.1) is 35.5 Å². The van der Waals surface area contributed by atoms with Crippen LogP contribution in [0.15, 0.2) is 17.1 Å². The van der Waals surface area contributed by atoms with Gasteiger partial charge in [-0.25, -0.2) is 0 Å². The molecule has 0 unspecified atom stereocenters. The molecular weight excluding hydrogens is 314 g/mol. The van der Waals surface area contributed by atoms with E-state index in [0.29, 0.717) is 22.9 Å². The average Bonchev–Trinajstić information content (AvgIpc) is 2.58. The second kappa shape index (κ2) is 11.5. The molecular formula is C21H23NO3. The van der Waals surface area contributed by atoms with Crippen molar-refractivity contribution in [1.29, 1.82) is 0 Å². The molecule has 0 aromatic heterocycles. The lowest BCUT2D eigenvalue weighted by Crippen LogP contribution is -2.01. The number of nitrogens with zero attached hydrogens (tertiary/aromatic N) is 1. The highest BCUT2D eigenvalue weighted by Crippen LogP contribution is 2.41. The van der Waals surface area contributed by atoms with E-state index >= 15 is 0 Å². The minimum atomic E-state index is 0.258. The molecule has 0 bridgehead atoms. The van der Waals surface area contributed by atoms with Gasteiger partial charge in [0.25, 0.3) is 0 Å². The first-order chi connectivity index (χ1) is 12.1. The fourth-order valence-electron chi connectivity index (χ4n) is 1.76. The number of ether oxygens (including phenoxy) is 3. The normalized spacial score (nSPS) is 8.52. The lowest BCUT2D eigenvalue weighted by atomic mass is 10.2. The first-order valence-corrected chi connectivity index (χ1v) is 7.89. The number of benzene rings is 1. The minimum Gasteiger partial charge on any atom is -0.481 e. The Morgan fingerprint density at radius 3 is 1.64 bits per heavy atom. The van der Waals surface area contributed by atoms with Gasteiger partial charge in [0.2, 0.25) is 0 Å². The summed E-state index contributed by atoms with van der Waals surface area (Å²) in [5.41, 5.74) is 1.48. The molecule has 0 amide bonds. The van der Waals surface area contributed by atoms with Crippen molar-refractivity contribution in [2.45, 2.75) is 34.6 Å². The zero-order valence-corrected chi connectivity index (χ0v) is 15.4. The summed E-state index contributed by atoms with van der Waals surface area (Å²) in [7, 11) is 0. The number of hydrogen-bond donors (Lipinski definition) is 0. The summed E-state index contributed by atoms with van der Waals surface area (Å²) in [6.45, 7) is 9.91. The smallest absolute Gasteiger partial charge is 0.153 e. The summed E-state index contributed by atoms with van der Waals surface area (Å²) < 4.78 is 17.2. The van der Waals surface area contributed by atoms with Crippen LogP contribution in [-0.2, 0) is 0 Å². The zero-order chi connectivity index (χ0) is 18.5. The largest absolute Gasteiger partial charge is 0.481 e. The molecule has 4 heteroatoms. The van der Waals surface area contributed by atoms with Gasteiger partial charge < -0.3 is 14.2 Å². The molecule has 0 N–H and O–H groups in total. The van der Waals surface area contributed by atoms with E-state index < -0.39 is 0 Å². The van der Waals surface area contributed by atoms with Gasteiger partial charge in [-0.2, -0.15) is 0 Å². The lowest BCUT2D eigenvalue weighted by molar-refractivity contribution is 0.336. The first kappa shape index (κ1) is 20.0. The summed E-state index contributed by atoms with van der Waals surface area (Å²) in [5, 5.41) is 0. The van der Waals surface area contributed by atoms with Gasteiger partial charge >= 0.3 is 0 Å². The topological polar surface area (TPSA) is 40.0 Å². The van der Waals surface area contributed by atoms with Gasteiger partial charge in [0.05, 0.1) is 0 Å². The summed E-state index contributed by atoms with van der Waals surface area (Å²) in [4.78, 5) is 4.54. The van der Waals surface area contributed by atoms with Crippen LogP contribution in [0.5, 0.6) is 17.2 Å². The highest BCUT2D eigenvalue weighted by molar-refractivity contribution is 5.84. The molecule has 0 aliphatic carbocycles.